The summed E-state index contributed by atoms with van der Waals surface area (Å²) in [5.74, 6) is 2.38. The van der Waals surface area contributed by atoms with Crippen molar-refractivity contribution in [2.45, 2.75) is 44.3 Å². The Kier molecular flexibility index (Phi) is 4.70. The number of aromatic nitrogens is 1. The zero-order valence-corrected chi connectivity index (χ0v) is 19.6. The van der Waals surface area contributed by atoms with Crippen LogP contribution < -0.4 is 9.47 Å². The molecule has 33 heavy (non-hydrogen) atoms. The van der Waals surface area contributed by atoms with Gasteiger partial charge >= 0.3 is 0 Å². The number of methoxy groups -OCH3 is 2. The molecule has 3 fully saturated rings. The lowest BCUT2D eigenvalue weighted by Gasteiger charge is -2.33. The van der Waals surface area contributed by atoms with Crippen molar-refractivity contribution in [3.8, 4) is 11.5 Å². The Morgan fingerprint density at radius 3 is 2.82 bits per heavy atom. The number of rotatable bonds is 5. The highest BCUT2D eigenvalue weighted by molar-refractivity contribution is 5.91. The molecule has 4 heterocycles. The molecule has 0 saturated carbocycles. The summed E-state index contributed by atoms with van der Waals surface area (Å²) < 4.78 is 11.0. The number of carbonyl (C=O) groups is 1. The second kappa shape index (κ2) is 7.52. The van der Waals surface area contributed by atoms with Gasteiger partial charge in [0.2, 0.25) is 5.91 Å². The van der Waals surface area contributed by atoms with E-state index in [2.05, 4.69) is 39.9 Å². The molecule has 3 atom stereocenters. The van der Waals surface area contributed by atoms with E-state index in [0.717, 1.165) is 54.9 Å². The number of hydrogen-bond acceptors (Lipinski definition) is 4. The molecule has 3 aliphatic rings. The first-order valence-electron chi connectivity index (χ1n) is 11.9. The van der Waals surface area contributed by atoms with Crippen molar-refractivity contribution in [2.75, 3.05) is 27.3 Å². The molecule has 0 unspecified atom stereocenters. The van der Waals surface area contributed by atoms with Gasteiger partial charge in [0.05, 0.1) is 20.3 Å². The van der Waals surface area contributed by atoms with Crippen molar-refractivity contribution in [3.05, 3.63) is 59.3 Å². The number of ether oxygens (including phenoxy) is 2. The summed E-state index contributed by atoms with van der Waals surface area (Å²) in [7, 11) is 3.40. The van der Waals surface area contributed by atoms with E-state index in [9.17, 15) is 4.79 Å². The van der Waals surface area contributed by atoms with Gasteiger partial charge in [-0.15, -0.1) is 0 Å². The number of nitrogens with one attached hydrogen (secondary N) is 1. The van der Waals surface area contributed by atoms with Crippen LogP contribution in [0.3, 0.4) is 0 Å². The fraction of sp³-hybridized carbons (Fsp3) is 0.444. The number of benzene rings is 2. The SMILES string of the molecule is COc1ccc2[nH]c([C@@H]3C[C@H]4CN(Cc5ccccc5OC)C(=O)[C@]45CCCN35)c(C)c2c1. The summed E-state index contributed by atoms with van der Waals surface area (Å²) in [6, 6.07) is 14.5. The van der Waals surface area contributed by atoms with Crippen LogP contribution in [0, 0.1) is 12.8 Å². The van der Waals surface area contributed by atoms with E-state index in [1.165, 1.54) is 16.6 Å². The largest absolute Gasteiger partial charge is 0.497 e. The second-order valence-corrected chi connectivity index (χ2v) is 9.74. The number of H-pyrrole nitrogens is 1. The normalized spacial score (nSPS) is 26.8. The van der Waals surface area contributed by atoms with Gasteiger partial charge in [0.1, 0.15) is 17.0 Å². The van der Waals surface area contributed by atoms with E-state index in [0.29, 0.717) is 18.4 Å². The first-order chi connectivity index (χ1) is 16.1. The molecule has 0 radical (unpaired) electrons. The number of para-hydroxylation sites is 1. The molecule has 6 rings (SSSR count). The highest BCUT2D eigenvalue weighted by Gasteiger charge is 2.65. The number of aryl methyl sites for hydroxylation is 1. The Bertz CT molecular complexity index is 1230. The lowest BCUT2D eigenvalue weighted by molar-refractivity contribution is -0.137. The Hall–Kier alpha value is -2.99. The molecule has 172 valence electrons. The maximum absolute atomic E-state index is 13.9. The fourth-order valence-electron chi connectivity index (χ4n) is 6.81. The molecular weight excluding hydrogens is 414 g/mol. The van der Waals surface area contributed by atoms with Crippen LogP contribution in [0.15, 0.2) is 42.5 Å². The van der Waals surface area contributed by atoms with Crippen molar-refractivity contribution >= 4 is 16.8 Å². The van der Waals surface area contributed by atoms with Crippen LogP contribution >= 0.6 is 0 Å². The van der Waals surface area contributed by atoms with Gasteiger partial charge in [-0.3, -0.25) is 9.69 Å². The fourth-order valence-corrected chi connectivity index (χ4v) is 6.81. The van der Waals surface area contributed by atoms with Gasteiger partial charge in [0.25, 0.3) is 0 Å². The van der Waals surface area contributed by atoms with Gasteiger partial charge in [-0.25, -0.2) is 0 Å². The third-order valence-corrected chi connectivity index (χ3v) is 8.32. The van der Waals surface area contributed by atoms with Crippen molar-refractivity contribution in [1.29, 1.82) is 0 Å². The Balaban J connectivity index is 1.32. The number of aromatic amines is 1. The molecule has 1 amide bonds. The molecule has 0 bridgehead atoms. The molecule has 3 saturated heterocycles. The quantitative estimate of drug-likeness (QED) is 0.631. The van der Waals surface area contributed by atoms with E-state index < -0.39 is 0 Å². The molecular formula is C27H31N3O3. The van der Waals surface area contributed by atoms with Gasteiger partial charge < -0.3 is 19.4 Å². The Labute approximate surface area is 194 Å². The predicted molar refractivity (Wildman–Crippen MR) is 128 cm³/mol. The summed E-state index contributed by atoms with van der Waals surface area (Å²) in [5, 5.41) is 1.21. The minimum absolute atomic E-state index is 0.258. The maximum atomic E-state index is 13.9. The van der Waals surface area contributed by atoms with Crippen LogP contribution in [-0.4, -0.2) is 53.5 Å². The predicted octanol–water partition coefficient (Wildman–Crippen LogP) is 4.43. The molecule has 3 aromatic rings. The summed E-state index contributed by atoms with van der Waals surface area (Å²) in [4.78, 5) is 22.2. The van der Waals surface area contributed by atoms with E-state index in [4.69, 9.17) is 9.47 Å². The van der Waals surface area contributed by atoms with Crippen LogP contribution in [0.4, 0.5) is 0 Å². The molecule has 6 heteroatoms. The minimum Gasteiger partial charge on any atom is -0.497 e. The summed E-state index contributed by atoms with van der Waals surface area (Å²) in [5.41, 5.74) is 4.39. The zero-order valence-electron chi connectivity index (χ0n) is 19.6. The number of fused-ring (bicyclic) bond motifs is 1. The van der Waals surface area contributed by atoms with Crippen LogP contribution in [0.5, 0.6) is 11.5 Å². The lowest BCUT2D eigenvalue weighted by Crippen LogP contribution is -2.49. The van der Waals surface area contributed by atoms with Gasteiger partial charge in [-0.2, -0.15) is 0 Å². The molecule has 1 aromatic heterocycles. The van der Waals surface area contributed by atoms with E-state index >= 15 is 0 Å². The van der Waals surface area contributed by atoms with Crippen molar-refractivity contribution < 1.29 is 14.3 Å². The Morgan fingerprint density at radius 1 is 1.15 bits per heavy atom. The molecule has 3 aliphatic heterocycles. The smallest absolute Gasteiger partial charge is 0.243 e. The van der Waals surface area contributed by atoms with E-state index in [1.54, 1.807) is 14.2 Å². The monoisotopic (exact) mass is 445 g/mol. The molecule has 2 aromatic carbocycles. The topological polar surface area (TPSA) is 57.8 Å². The number of likely N-dealkylation sites (tertiary alicyclic amines) is 1. The van der Waals surface area contributed by atoms with Crippen molar-refractivity contribution in [2.24, 2.45) is 5.92 Å². The van der Waals surface area contributed by atoms with Crippen LogP contribution in [0.2, 0.25) is 0 Å². The summed E-state index contributed by atoms with van der Waals surface area (Å²) in [6.45, 7) is 4.61. The number of amides is 1. The first-order valence-corrected chi connectivity index (χ1v) is 11.9. The van der Waals surface area contributed by atoms with E-state index in [-0.39, 0.29) is 11.6 Å². The molecule has 6 nitrogen and oxygen atoms in total. The van der Waals surface area contributed by atoms with Gasteiger partial charge in [0.15, 0.2) is 0 Å². The summed E-state index contributed by atoms with van der Waals surface area (Å²) in [6.07, 6.45) is 3.05. The first kappa shape index (κ1) is 20.6. The summed E-state index contributed by atoms with van der Waals surface area (Å²) >= 11 is 0. The van der Waals surface area contributed by atoms with Crippen LogP contribution in [0.25, 0.3) is 10.9 Å². The highest BCUT2D eigenvalue weighted by Crippen LogP contribution is 2.56. The van der Waals surface area contributed by atoms with Crippen molar-refractivity contribution in [1.82, 2.24) is 14.8 Å². The lowest BCUT2D eigenvalue weighted by atomic mass is 9.85. The van der Waals surface area contributed by atoms with Gasteiger partial charge in [0, 0.05) is 41.2 Å². The molecule has 1 spiro atoms. The third kappa shape index (κ3) is 2.86. The molecule has 0 aliphatic carbocycles. The average molecular weight is 446 g/mol. The highest BCUT2D eigenvalue weighted by atomic mass is 16.5. The second-order valence-electron chi connectivity index (χ2n) is 9.74. The minimum atomic E-state index is -0.353. The standard InChI is InChI=1S/C27H31N3O3/c1-17-21-14-20(32-2)9-10-22(21)28-25(17)23-13-19-16-29(15-18-7-4-5-8-24(18)33-3)26(31)27(19)11-6-12-30(23)27/h4-5,7-10,14,19,23,28H,6,11-13,15-16H2,1-3H3/t19-,23-,27-/m0/s1. The maximum Gasteiger partial charge on any atom is 0.243 e. The zero-order chi connectivity index (χ0) is 22.7. The average Bonchev–Trinajstić information content (AvgIpc) is 3.55. The number of carbonyl (C=O) groups excluding carboxylic acids is 1. The van der Waals surface area contributed by atoms with Crippen LogP contribution in [0.1, 0.15) is 42.1 Å². The Morgan fingerprint density at radius 2 is 2.00 bits per heavy atom. The third-order valence-electron chi connectivity index (χ3n) is 8.32. The van der Waals surface area contributed by atoms with Gasteiger partial charge in [-0.05, 0) is 62.6 Å². The number of nitrogens with zero attached hydrogens (tertiary/aromatic N) is 2. The molecule has 1 N–H and O–H groups in total. The van der Waals surface area contributed by atoms with Crippen molar-refractivity contribution in [3.63, 3.8) is 0 Å². The van der Waals surface area contributed by atoms with Gasteiger partial charge in [-0.1, -0.05) is 18.2 Å². The number of hydrogen-bond donors (Lipinski definition) is 1. The van der Waals surface area contributed by atoms with E-state index in [1.807, 2.05) is 24.3 Å². The van der Waals surface area contributed by atoms with Crippen LogP contribution in [-0.2, 0) is 11.3 Å².